The Bertz CT molecular complexity index is 662. The molecule has 3 heteroatoms. The average Bonchev–Trinajstić information content (AvgIpc) is 2.56. The summed E-state index contributed by atoms with van der Waals surface area (Å²) < 4.78 is 5.85. The molecule has 1 radical (unpaired) electrons. The Morgan fingerprint density at radius 2 is 1.67 bits per heavy atom. The van der Waals surface area contributed by atoms with Gasteiger partial charge in [0.15, 0.2) is 11.5 Å². The number of hydrogen-bond donors (Lipinski definition) is 0. The number of ether oxygens (including phenoxy) is 1. The summed E-state index contributed by atoms with van der Waals surface area (Å²) >= 11 is 0. The lowest BCUT2D eigenvalue weighted by molar-refractivity contribution is 0.188. The summed E-state index contributed by atoms with van der Waals surface area (Å²) in [5.41, 5.74) is 2.50. The van der Waals surface area contributed by atoms with Gasteiger partial charge >= 0.3 is 0 Å². The Hall–Kier alpha value is -2.00. The van der Waals surface area contributed by atoms with Crippen molar-refractivity contribution in [1.29, 1.82) is 0 Å². The molecule has 0 spiro atoms. The summed E-state index contributed by atoms with van der Waals surface area (Å²) in [5.74, 6) is 1.88. The van der Waals surface area contributed by atoms with Crippen molar-refractivity contribution in [3.05, 3.63) is 48.0 Å². The van der Waals surface area contributed by atoms with E-state index in [2.05, 4.69) is 6.07 Å². The number of nitrogens with zero attached hydrogens (tertiary/aromatic N) is 1. The van der Waals surface area contributed by atoms with E-state index in [1.54, 1.807) is 6.07 Å². The van der Waals surface area contributed by atoms with E-state index in [1.807, 2.05) is 30.3 Å². The van der Waals surface area contributed by atoms with Crippen LogP contribution in [-0.4, -0.2) is 0 Å². The van der Waals surface area contributed by atoms with Crippen LogP contribution in [0.5, 0.6) is 11.5 Å². The molecular formula is C18H18NO2. The van der Waals surface area contributed by atoms with E-state index >= 15 is 0 Å². The predicted octanol–water partition coefficient (Wildman–Crippen LogP) is 5.32. The third-order valence-electron chi connectivity index (χ3n) is 4.58. The minimum atomic E-state index is 0.589. The van der Waals surface area contributed by atoms with E-state index in [1.165, 1.54) is 37.7 Å². The molecule has 1 aliphatic heterocycles. The molecule has 1 heterocycles. The van der Waals surface area contributed by atoms with Gasteiger partial charge in [0, 0.05) is 0 Å². The van der Waals surface area contributed by atoms with Gasteiger partial charge in [-0.2, -0.15) is 5.06 Å². The first-order valence-electron chi connectivity index (χ1n) is 7.71. The smallest absolute Gasteiger partial charge is 0.153 e. The van der Waals surface area contributed by atoms with Crippen LogP contribution in [0.4, 0.5) is 11.4 Å². The lowest BCUT2D eigenvalue weighted by atomic mass is 9.84. The second-order valence-corrected chi connectivity index (χ2v) is 5.93. The van der Waals surface area contributed by atoms with Crippen molar-refractivity contribution < 1.29 is 9.94 Å². The van der Waals surface area contributed by atoms with Crippen molar-refractivity contribution >= 4 is 11.4 Å². The molecule has 21 heavy (non-hydrogen) atoms. The maximum atomic E-state index is 12.6. The molecule has 1 aliphatic carbocycles. The first-order chi connectivity index (χ1) is 10.3. The van der Waals surface area contributed by atoms with Crippen molar-refractivity contribution in [2.45, 2.75) is 38.0 Å². The molecule has 0 atom stereocenters. The van der Waals surface area contributed by atoms with Crippen LogP contribution >= 0.6 is 0 Å². The average molecular weight is 280 g/mol. The molecule has 1 saturated carbocycles. The lowest BCUT2D eigenvalue weighted by Gasteiger charge is -2.28. The number of hydrogen-bond acceptors (Lipinski definition) is 2. The van der Waals surface area contributed by atoms with Gasteiger partial charge in [0.2, 0.25) is 0 Å². The molecule has 0 amide bonds. The maximum absolute atomic E-state index is 12.6. The molecule has 0 unspecified atom stereocenters. The maximum Gasteiger partial charge on any atom is 0.153 e. The van der Waals surface area contributed by atoms with Crippen LogP contribution in [0.2, 0.25) is 0 Å². The van der Waals surface area contributed by atoms with Crippen molar-refractivity contribution in [1.82, 2.24) is 0 Å². The molecular weight excluding hydrogens is 262 g/mol. The topological polar surface area (TPSA) is 32.4 Å². The Kier molecular flexibility index (Phi) is 3.08. The number of rotatable bonds is 1. The molecule has 1 fully saturated rings. The lowest BCUT2D eigenvalue weighted by Crippen LogP contribution is -2.15. The van der Waals surface area contributed by atoms with Crippen molar-refractivity contribution in [2.24, 2.45) is 0 Å². The minimum Gasteiger partial charge on any atom is -0.453 e. The number of fused-ring (bicyclic) bond motifs is 2. The van der Waals surface area contributed by atoms with Crippen molar-refractivity contribution in [3.63, 3.8) is 0 Å². The van der Waals surface area contributed by atoms with Gasteiger partial charge < -0.3 is 4.74 Å². The quantitative estimate of drug-likeness (QED) is 0.707. The molecule has 3 nitrogen and oxygen atoms in total. The Balaban J connectivity index is 1.71. The SMILES string of the molecule is [O]N1c2ccccc2Oc2ccc(C3CCCCC3)cc21. The van der Waals surface area contributed by atoms with Crippen LogP contribution in [0.15, 0.2) is 42.5 Å². The zero-order valence-electron chi connectivity index (χ0n) is 11.9. The van der Waals surface area contributed by atoms with E-state index in [0.717, 1.165) is 5.06 Å². The molecule has 4 rings (SSSR count). The molecule has 2 aromatic carbocycles. The van der Waals surface area contributed by atoms with Gasteiger partial charge in [0.05, 0.1) is 0 Å². The van der Waals surface area contributed by atoms with Crippen LogP contribution in [0.3, 0.4) is 0 Å². The van der Waals surface area contributed by atoms with E-state index in [9.17, 15) is 5.21 Å². The molecule has 0 N–H and O–H groups in total. The second kappa shape index (κ2) is 5.08. The van der Waals surface area contributed by atoms with Crippen LogP contribution in [0.1, 0.15) is 43.6 Å². The second-order valence-electron chi connectivity index (χ2n) is 5.93. The molecule has 0 saturated heterocycles. The van der Waals surface area contributed by atoms with Gasteiger partial charge in [0.1, 0.15) is 11.4 Å². The van der Waals surface area contributed by atoms with Gasteiger partial charge in [-0.25, -0.2) is 0 Å². The molecule has 0 bridgehead atoms. The first kappa shape index (κ1) is 12.7. The molecule has 107 valence electrons. The van der Waals surface area contributed by atoms with Crippen LogP contribution in [0, 0.1) is 0 Å². The third kappa shape index (κ3) is 2.18. The van der Waals surface area contributed by atoms with E-state index in [0.29, 0.717) is 28.8 Å². The summed E-state index contributed by atoms with van der Waals surface area (Å²) in [6.07, 6.45) is 6.39. The first-order valence-corrected chi connectivity index (χ1v) is 7.71. The zero-order valence-corrected chi connectivity index (χ0v) is 11.9. The number of para-hydroxylation sites is 2. The normalized spacial score (nSPS) is 17.9. The Morgan fingerprint density at radius 3 is 2.52 bits per heavy atom. The molecule has 2 aliphatic rings. The predicted molar refractivity (Wildman–Crippen MR) is 81.6 cm³/mol. The molecule has 0 aromatic heterocycles. The third-order valence-corrected chi connectivity index (χ3v) is 4.58. The van der Waals surface area contributed by atoms with Gasteiger partial charge in [0.25, 0.3) is 0 Å². The largest absolute Gasteiger partial charge is 0.453 e. The highest BCUT2D eigenvalue weighted by molar-refractivity contribution is 5.76. The fraction of sp³-hybridized carbons (Fsp3) is 0.333. The fourth-order valence-corrected chi connectivity index (χ4v) is 3.43. The molecule has 2 aromatic rings. The Morgan fingerprint density at radius 1 is 0.905 bits per heavy atom. The van der Waals surface area contributed by atoms with E-state index in [4.69, 9.17) is 4.74 Å². The standard InChI is InChI=1S/C18H18NO2/c20-19-15-8-4-5-9-17(15)21-18-11-10-14(12-16(18)19)13-6-2-1-3-7-13/h4-5,8-13H,1-3,6-7H2. The highest BCUT2D eigenvalue weighted by Gasteiger charge is 2.26. The summed E-state index contributed by atoms with van der Waals surface area (Å²) in [7, 11) is 0. The van der Waals surface area contributed by atoms with Crippen LogP contribution in [0.25, 0.3) is 0 Å². The summed E-state index contributed by atoms with van der Waals surface area (Å²) in [6, 6.07) is 13.5. The van der Waals surface area contributed by atoms with Crippen LogP contribution in [-0.2, 0) is 5.21 Å². The van der Waals surface area contributed by atoms with Gasteiger partial charge in [-0.1, -0.05) is 42.7 Å². The van der Waals surface area contributed by atoms with Gasteiger partial charge in [-0.05, 0) is 48.6 Å². The summed E-state index contributed by atoms with van der Waals surface area (Å²) in [4.78, 5) is 0. The monoisotopic (exact) mass is 280 g/mol. The van der Waals surface area contributed by atoms with E-state index in [-0.39, 0.29) is 0 Å². The minimum absolute atomic E-state index is 0.589. The van der Waals surface area contributed by atoms with Crippen molar-refractivity contribution in [2.75, 3.05) is 5.06 Å². The van der Waals surface area contributed by atoms with Gasteiger partial charge in [-0.3, -0.25) is 0 Å². The summed E-state index contributed by atoms with van der Waals surface area (Å²) in [6.45, 7) is 0. The highest BCUT2D eigenvalue weighted by atomic mass is 16.5. The van der Waals surface area contributed by atoms with Crippen LogP contribution < -0.4 is 9.80 Å². The highest BCUT2D eigenvalue weighted by Crippen LogP contribution is 2.47. The number of benzene rings is 2. The zero-order chi connectivity index (χ0) is 14.2. The number of anilines is 2. The summed E-state index contributed by atoms with van der Waals surface area (Å²) in [5, 5.41) is 13.6. The Labute approximate surface area is 124 Å². The fourth-order valence-electron chi connectivity index (χ4n) is 3.43. The van der Waals surface area contributed by atoms with E-state index < -0.39 is 0 Å². The van der Waals surface area contributed by atoms with Gasteiger partial charge in [-0.15, -0.1) is 0 Å². The van der Waals surface area contributed by atoms with Crippen molar-refractivity contribution in [3.8, 4) is 11.5 Å².